The van der Waals surface area contributed by atoms with Gasteiger partial charge in [-0.25, -0.2) is 0 Å². The molecule has 1 unspecified atom stereocenters. The van der Waals surface area contributed by atoms with Crippen molar-refractivity contribution in [2.75, 3.05) is 0 Å². The van der Waals surface area contributed by atoms with Crippen LogP contribution < -0.4 is 0 Å². The Bertz CT molecular complexity index is 189. The summed E-state index contributed by atoms with van der Waals surface area (Å²) in [6.45, 7) is 2.05. The fourth-order valence-electron chi connectivity index (χ4n) is 1.30. The molecule has 0 aromatic rings. The topological polar surface area (TPSA) is 23.9 Å². The second kappa shape index (κ2) is 4.12. The molecule has 0 saturated heterocycles. The van der Waals surface area contributed by atoms with Gasteiger partial charge in [0, 0.05) is 11.6 Å². The lowest BCUT2D eigenvalue weighted by Gasteiger charge is -2.09. The number of hydrogen-bond acceptors (Lipinski definition) is 1. The third-order valence-electron chi connectivity index (χ3n) is 2.06. The molecule has 0 spiro atoms. The minimum atomic E-state index is 0.398. The van der Waals surface area contributed by atoms with Crippen molar-refractivity contribution in [3.63, 3.8) is 0 Å². The van der Waals surface area contributed by atoms with E-state index < -0.39 is 0 Å². The Morgan fingerprint density at radius 1 is 1.55 bits per heavy atom. The van der Waals surface area contributed by atoms with E-state index in [0.717, 1.165) is 25.0 Å². The maximum atomic E-state index is 7.65. The highest BCUT2D eigenvalue weighted by molar-refractivity contribution is 5.85. The average Bonchev–Trinajstić information content (AvgIpc) is 2.30. The van der Waals surface area contributed by atoms with Crippen LogP contribution in [0.1, 0.15) is 26.2 Å². The molecule has 1 aliphatic rings. The van der Waals surface area contributed by atoms with Gasteiger partial charge in [0.25, 0.3) is 0 Å². The molecular weight excluding hydrogens is 134 g/mol. The van der Waals surface area contributed by atoms with Crippen molar-refractivity contribution in [1.82, 2.24) is 0 Å². The van der Waals surface area contributed by atoms with E-state index in [0.29, 0.717) is 5.92 Å². The van der Waals surface area contributed by atoms with Crippen LogP contribution >= 0.6 is 0 Å². The zero-order valence-electron chi connectivity index (χ0n) is 7.01. The number of rotatable bonds is 2. The van der Waals surface area contributed by atoms with Crippen LogP contribution in [0.2, 0.25) is 0 Å². The van der Waals surface area contributed by atoms with Gasteiger partial charge in [0.05, 0.1) is 0 Å². The van der Waals surface area contributed by atoms with Crippen LogP contribution in [0, 0.1) is 11.3 Å². The predicted molar refractivity (Wildman–Crippen MR) is 49.0 cm³/mol. The molecule has 1 nitrogen and oxygen atoms in total. The first-order valence-electron chi connectivity index (χ1n) is 4.25. The number of allylic oxidation sites excluding steroid dienone is 4. The van der Waals surface area contributed by atoms with Crippen molar-refractivity contribution < 1.29 is 0 Å². The predicted octanol–water partition coefficient (Wildman–Crippen LogP) is 2.94. The molecule has 0 heterocycles. The van der Waals surface area contributed by atoms with E-state index in [1.807, 2.05) is 0 Å². The first-order valence-corrected chi connectivity index (χ1v) is 4.25. The van der Waals surface area contributed by atoms with Gasteiger partial charge in [0.2, 0.25) is 0 Å². The van der Waals surface area contributed by atoms with Crippen molar-refractivity contribution in [3.8, 4) is 0 Å². The fourth-order valence-corrected chi connectivity index (χ4v) is 1.30. The second-order valence-corrected chi connectivity index (χ2v) is 2.88. The fraction of sp³-hybridized carbons (Fsp3) is 0.500. The molecule has 0 aromatic heterocycles. The normalized spacial score (nSPS) is 23.2. The van der Waals surface area contributed by atoms with Crippen molar-refractivity contribution in [3.05, 3.63) is 24.3 Å². The maximum Gasteiger partial charge on any atom is 0.0155 e. The number of hydrogen-bond donors (Lipinski definition) is 1. The van der Waals surface area contributed by atoms with Gasteiger partial charge in [-0.3, -0.25) is 0 Å². The smallest absolute Gasteiger partial charge is 0.0155 e. The Hall–Kier alpha value is -0.850. The summed E-state index contributed by atoms with van der Waals surface area (Å²) in [5, 5.41) is 7.65. The van der Waals surface area contributed by atoms with Crippen LogP contribution in [0.15, 0.2) is 24.3 Å². The molecule has 0 aliphatic heterocycles. The highest BCUT2D eigenvalue weighted by Crippen LogP contribution is 2.15. The molecule has 11 heavy (non-hydrogen) atoms. The standard InChI is InChI=1S/C10H15N/c1-2-10(11)9-7-5-3-4-6-8-9/h3-5,7,9,11H,2,6,8H2,1H3. The molecule has 0 fully saturated rings. The van der Waals surface area contributed by atoms with Gasteiger partial charge in [-0.1, -0.05) is 31.2 Å². The Kier molecular flexibility index (Phi) is 3.09. The summed E-state index contributed by atoms with van der Waals surface area (Å²) >= 11 is 0. The van der Waals surface area contributed by atoms with E-state index in [1.165, 1.54) is 0 Å². The maximum absolute atomic E-state index is 7.65. The van der Waals surface area contributed by atoms with Crippen LogP contribution in [-0.2, 0) is 0 Å². The second-order valence-electron chi connectivity index (χ2n) is 2.88. The zero-order valence-corrected chi connectivity index (χ0v) is 7.01. The van der Waals surface area contributed by atoms with Gasteiger partial charge < -0.3 is 5.41 Å². The summed E-state index contributed by atoms with van der Waals surface area (Å²) in [6.07, 6.45) is 11.5. The largest absolute Gasteiger partial charge is 0.309 e. The van der Waals surface area contributed by atoms with Crippen LogP contribution in [0.4, 0.5) is 0 Å². The molecule has 1 N–H and O–H groups in total. The van der Waals surface area contributed by atoms with Crippen molar-refractivity contribution in [1.29, 1.82) is 5.41 Å². The summed E-state index contributed by atoms with van der Waals surface area (Å²) in [6, 6.07) is 0. The summed E-state index contributed by atoms with van der Waals surface area (Å²) in [5.74, 6) is 0.398. The lowest BCUT2D eigenvalue weighted by molar-refractivity contribution is 0.745. The summed E-state index contributed by atoms with van der Waals surface area (Å²) in [7, 11) is 0. The van der Waals surface area contributed by atoms with Crippen LogP contribution in [0.3, 0.4) is 0 Å². The molecule has 1 heteroatoms. The molecule has 1 atom stereocenters. The summed E-state index contributed by atoms with van der Waals surface area (Å²) in [4.78, 5) is 0. The molecule has 0 bridgehead atoms. The van der Waals surface area contributed by atoms with E-state index in [4.69, 9.17) is 5.41 Å². The summed E-state index contributed by atoms with van der Waals surface area (Å²) < 4.78 is 0. The molecule has 60 valence electrons. The quantitative estimate of drug-likeness (QED) is 0.584. The van der Waals surface area contributed by atoms with Gasteiger partial charge >= 0.3 is 0 Å². The van der Waals surface area contributed by atoms with Gasteiger partial charge in [0.1, 0.15) is 0 Å². The lowest BCUT2D eigenvalue weighted by Crippen LogP contribution is -2.08. The van der Waals surface area contributed by atoms with Gasteiger partial charge in [-0.2, -0.15) is 0 Å². The molecule has 0 radical (unpaired) electrons. The average molecular weight is 149 g/mol. The highest BCUT2D eigenvalue weighted by Gasteiger charge is 2.08. The Morgan fingerprint density at radius 2 is 2.36 bits per heavy atom. The van der Waals surface area contributed by atoms with E-state index in [9.17, 15) is 0 Å². The summed E-state index contributed by atoms with van der Waals surface area (Å²) in [5.41, 5.74) is 0.866. The third-order valence-corrected chi connectivity index (χ3v) is 2.06. The first kappa shape index (κ1) is 8.25. The van der Waals surface area contributed by atoms with Crippen LogP contribution in [0.25, 0.3) is 0 Å². The zero-order chi connectivity index (χ0) is 8.10. The van der Waals surface area contributed by atoms with Gasteiger partial charge in [-0.15, -0.1) is 0 Å². The van der Waals surface area contributed by atoms with E-state index in [1.54, 1.807) is 0 Å². The Balaban J connectivity index is 2.53. The van der Waals surface area contributed by atoms with Crippen molar-refractivity contribution >= 4 is 5.71 Å². The molecular formula is C10H15N. The number of nitrogens with one attached hydrogen (secondary N) is 1. The first-order chi connectivity index (χ1) is 5.34. The van der Waals surface area contributed by atoms with Gasteiger partial charge in [-0.05, 0) is 19.3 Å². The van der Waals surface area contributed by atoms with Crippen molar-refractivity contribution in [2.24, 2.45) is 5.92 Å². The monoisotopic (exact) mass is 149 g/mol. The van der Waals surface area contributed by atoms with Crippen LogP contribution in [-0.4, -0.2) is 5.71 Å². The van der Waals surface area contributed by atoms with Crippen LogP contribution in [0.5, 0.6) is 0 Å². The van der Waals surface area contributed by atoms with Crippen molar-refractivity contribution in [2.45, 2.75) is 26.2 Å². The Labute approximate surface area is 68.3 Å². The third kappa shape index (κ3) is 2.34. The molecule has 0 saturated carbocycles. The van der Waals surface area contributed by atoms with Gasteiger partial charge in [0.15, 0.2) is 0 Å². The molecule has 1 aliphatic carbocycles. The Morgan fingerprint density at radius 3 is 3.09 bits per heavy atom. The molecule has 0 amide bonds. The van der Waals surface area contributed by atoms with E-state index >= 15 is 0 Å². The van der Waals surface area contributed by atoms with E-state index in [-0.39, 0.29) is 0 Å². The lowest BCUT2D eigenvalue weighted by atomic mass is 9.96. The molecule has 1 rings (SSSR count). The minimum Gasteiger partial charge on any atom is -0.309 e. The minimum absolute atomic E-state index is 0.398. The van der Waals surface area contributed by atoms with E-state index in [2.05, 4.69) is 31.2 Å². The SMILES string of the molecule is CCC(=N)C1C=CC=CCC1. The molecule has 0 aromatic carbocycles. The highest BCUT2D eigenvalue weighted by atomic mass is 14.4.